The Balaban J connectivity index is 1.52. The smallest absolute Gasteiger partial charge is 0.243 e. The van der Waals surface area contributed by atoms with Crippen molar-refractivity contribution in [1.82, 2.24) is 10.2 Å². The summed E-state index contributed by atoms with van der Waals surface area (Å²) in [4.78, 5) is 13.9. The number of anilines is 1. The molecule has 3 aromatic rings. The van der Waals surface area contributed by atoms with Gasteiger partial charge in [0.25, 0.3) is 0 Å². The van der Waals surface area contributed by atoms with Crippen LogP contribution in [0.3, 0.4) is 0 Å². The summed E-state index contributed by atoms with van der Waals surface area (Å²) in [7, 11) is 0. The van der Waals surface area contributed by atoms with Crippen LogP contribution in [-0.4, -0.2) is 27.0 Å². The fraction of sp³-hybridized carbons (Fsp3) is 0.188. The summed E-state index contributed by atoms with van der Waals surface area (Å²) in [6, 6.07) is 8.86. The molecule has 0 saturated carbocycles. The summed E-state index contributed by atoms with van der Waals surface area (Å²) in [5.74, 6) is 1.07. The van der Waals surface area contributed by atoms with Gasteiger partial charge in [-0.3, -0.25) is 10.1 Å². The SMILES string of the molecule is O=C(Nc1nnc(-c2cccc(O)c2)s1)C1SCCc2sccc21. The highest BCUT2D eigenvalue weighted by atomic mass is 32.2. The number of nitrogens with zero attached hydrogens (tertiary/aromatic N) is 2. The highest BCUT2D eigenvalue weighted by molar-refractivity contribution is 8.00. The zero-order chi connectivity index (χ0) is 16.5. The summed E-state index contributed by atoms with van der Waals surface area (Å²) in [6.07, 6.45) is 1.03. The number of hydrogen-bond donors (Lipinski definition) is 2. The molecule has 3 heterocycles. The van der Waals surface area contributed by atoms with Crippen molar-refractivity contribution in [2.45, 2.75) is 11.7 Å². The standard InChI is InChI=1S/C16H13N3O2S3/c20-10-3-1-2-9(8-10)15-18-19-16(24-15)17-14(21)13-11-4-6-22-12(11)5-7-23-13/h1-4,6,8,13,20H,5,7H2,(H,17,19,21). The Labute approximate surface area is 150 Å². The van der Waals surface area contributed by atoms with E-state index in [0.717, 1.165) is 23.3 Å². The maximum atomic E-state index is 12.6. The third kappa shape index (κ3) is 3.04. The molecule has 1 amide bonds. The van der Waals surface area contributed by atoms with E-state index in [4.69, 9.17) is 0 Å². The summed E-state index contributed by atoms with van der Waals surface area (Å²) in [5, 5.41) is 23.6. The number of thiophene rings is 1. The lowest BCUT2D eigenvalue weighted by molar-refractivity contribution is -0.115. The van der Waals surface area contributed by atoms with Crippen molar-refractivity contribution >= 4 is 45.5 Å². The van der Waals surface area contributed by atoms with E-state index in [9.17, 15) is 9.90 Å². The van der Waals surface area contributed by atoms with Crippen LogP contribution < -0.4 is 5.32 Å². The molecule has 0 radical (unpaired) electrons. The van der Waals surface area contributed by atoms with Gasteiger partial charge in [0.05, 0.1) is 0 Å². The molecule has 1 atom stereocenters. The lowest BCUT2D eigenvalue weighted by atomic mass is 10.1. The molecule has 8 heteroatoms. The monoisotopic (exact) mass is 375 g/mol. The number of carbonyl (C=O) groups is 1. The number of benzene rings is 1. The van der Waals surface area contributed by atoms with Gasteiger partial charge >= 0.3 is 0 Å². The van der Waals surface area contributed by atoms with Gasteiger partial charge in [-0.1, -0.05) is 23.5 Å². The number of amides is 1. The normalized spacial score (nSPS) is 16.6. The van der Waals surface area contributed by atoms with E-state index in [0.29, 0.717) is 10.1 Å². The van der Waals surface area contributed by atoms with Crippen LogP contribution in [0, 0.1) is 0 Å². The Morgan fingerprint density at radius 2 is 2.21 bits per heavy atom. The van der Waals surface area contributed by atoms with E-state index in [-0.39, 0.29) is 16.9 Å². The molecule has 1 unspecified atom stereocenters. The molecule has 122 valence electrons. The first-order valence-corrected chi connectivity index (χ1v) is 10.1. The van der Waals surface area contributed by atoms with Gasteiger partial charge in [-0.05, 0) is 41.3 Å². The quantitative estimate of drug-likeness (QED) is 0.725. The summed E-state index contributed by atoms with van der Waals surface area (Å²) in [6.45, 7) is 0. The van der Waals surface area contributed by atoms with Gasteiger partial charge in [-0.15, -0.1) is 33.3 Å². The number of aromatic nitrogens is 2. The van der Waals surface area contributed by atoms with Crippen LogP contribution in [0.15, 0.2) is 35.7 Å². The number of carbonyl (C=O) groups excluding carboxylic acids is 1. The zero-order valence-electron chi connectivity index (χ0n) is 12.4. The molecule has 4 rings (SSSR count). The number of hydrogen-bond acceptors (Lipinski definition) is 7. The van der Waals surface area contributed by atoms with Gasteiger partial charge < -0.3 is 5.11 Å². The third-order valence-electron chi connectivity index (χ3n) is 3.66. The van der Waals surface area contributed by atoms with Crippen LogP contribution in [0.4, 0.5) is 5.13 Å². The Bertz CT molecular complexity index is 890. The van der Waals surface area contributed by atoms with Crippen LogP contribution in [-0.2, 0) is 11.2 Å². The average molecular weight is 376 g/mol. The van der Waals surface area contributed by atoms with Crippen molar-refractivity contribution in [3.63, 3.8) is 0 Å². The zero-order valence-corrected chi connectivity index (χ0v) is 14.9. The second-order valence-electron chi connectivity index (χ2n) is 5.25. The van der Waals surface area contributed by atoms with E-state index in [1.165, 1.54) is 16.2 Å². The maximum Gasteiger partial charge on any atom is 0.243 e. The third-order valence-corrected chi connectivity index (χ3v) is 6.79. The second-order valence-corrected chi connectivity index (χ2v) is 8.44. The number of aryl methyl sites for hydroxylation is 1. The molecule has 0 saturated heterocycles. The lowest BCUT2D eigenvalue weighted by Crippen LogP contribution is -2.22. The number of fused-ring (bicyclic) bond motifs is 1. The molecule has 0 spiro atoms. The van der Waals surface area contributed by atoms with Gasteiger partial charge in [0.15, 0.2) is 0 Å². The minimum absolute atomic E-state index is 0.0574. The number of phenols is 1. The fourth-order valence-electron chi connectivity index (χ4n) is 2.56. The van der Waals surface area contributed by atoms with Crippen molar-refractivity contribution in [1.29, 1.82) is 0 Å². The van der Waals surface area contributed by atoms with Crippen LogP contribution in [0.2, 0.25) is 0 Å². The van der Waals surface area contributed by atoms with Gasteiger partial charge in [0.2, 0.25) is 11.0 Å². The predicted molar refractivity (Wildman–Crippen MR) is 98.9 cm³/mol. The van der Waals surface area contributed by atoms with Crippen LogP contribution in [0.5, 0.6) is 5.75 Å². The van der Waals surface area contributed by atoms with E-state index in [2.05, 4.69) is 15.5 Å². The van der Waals surface area contributed by atoms with Gasteiger partial charge in [-0.2, -0.15) is 0 Å². The largest absolute Gasteiger partial charge is 0.508 e. The molecule has 5 nitrogen and oxygen atoms in total. The number of aromatic hydroxyl groups is 1. The molecule has 2 aromatic heterocycles. The predicted octanol–water partition coefficient (Wildman–Crippen LogP) is 3.94. The van der Waals surface area contributed by atoms with Crippen LogP contribution >= 0.6 is 34.4 Å². The first-order chi connectivity index (χ1) is 11.7. The van der Waals surface area contributed by atoms with Gasteiger partial charge in [-0.25, -0.2) is 0 Å². The Morgan fingerprint density at radius 1 is 1.29 bits per heavy atom. The maximum absolute atomic E-state index is 12.6. The first-order valence-electron chi connectivity index (χ1n) is 7.32. The minimum atomic E-state index is -0.187. The van der Waals surface area contributed by atoms with E-state index >= 15 is 0 Å². The van der Waals surface area contributed by atoms with E-state index < -0.39 is 0 Å². The molecule has 1 aliphatic heterocycles. The summed E-state index contributed by atoms with van der Waals surface area (Å²) < 4.78 is 0. The molecule has 2 N–H and O–H groups in total. The molecular weight excluding hydrogens is 362 g/mol. The van der Waals surface area contributed by atoms with Crippen molar-refractivity contribution in [3.8, 4) is 16.3 Å². The van der Waals surface area contributed by atoms with Crippen molar-refractivity contribution in [2.24, 2.45) is 0 Å². The molecular formula is C16H13N3O2S3. The van der Waals surface area contributed by atoms with Crippen molar-refractivity contribution in [3.05, 3.63) is 46.2 Å². The molecule has 24 heavy (non-hydrogen) atoms. The number of phenolic OH excluding ortho intramolecular Hbond substituents is 1. The number of nitrogens with one attached hydrogen (secondary N) is 1. The van der Waals surface area contributed by atoms with Crippen LogP contribution in [0.1, 0.15) is 15.7 Å². The second kappa shape index (κ2) is 6.54. The highest BCUT2D eigenvalue weighted by Crippen LogP contribution is 2.40. The minimum Gasteiger partial charge on any atom is -0.508 e. The van der Waals surface area contributed by atoms with Gasteiger partial charge in [0, 0.05) is 10.4 Å². The van der Waals surface area contributed by atoms with Crippen molar-refractivity contribution < 1.29 is 9.90 Å². The summed E-state index contributed by atoms with van der Waals surface area (Å²) in [5.41, 5.74) is 1.90. The highest BCUT2D eigenvalue weighted by Gasteiger charge is 2.28. The number of thioether (sulfide) groups is 1. The average Bonchev–Trinajstić information content (AvgIpc) is 3.23. The summed E-state index contributed by atoms with van der Waals surface area (Å²) >= 11 is 4.67. The van der Waals surface area contributed by atoms with E-state index in [1.54, 1.807) is 41.3 Å². The first kappa shape index (κ1) is 15.6. The van der Waals surface area contributed by atoms with E-state index in [1.807, 2.05) is 17.5 Å². The molecule has 1 aromatic carbocycles. The topological polar surface area (TPSA) is 75.1 Å². The lowest BCUT2D eigenvalue weighted by Gasteiger charge is -2.20. The molecule has 0 fully saturated rings. The van der Waals surface area contributed by atoms with Gasteiger partial charge in [0.1, 0.15) is 16.0 Å². The fourth-order valence-corrected chi connectivity index (χ4v) is 5.60. The molecule has 1 aliphatic rings. The van der Waals surface area contributed by atoms with Crippen molar-refractivity contribution in [2.75, 3.05) is 11.1 Å². The van der Waals surface area contributed by atoms with Crippen LogP contribution in [0.25, 0.3) is 10.6 Å². The Kier molecular flexibility index (Phi) is 4.26. The molecule has 0 bridgehead atoms. The number of rotatable bonds is 3. The Morgan fingerprint density at radius 3 is 3.08 bits per heavy atom. The molecule has 0 aliphatic carbocycles. The Hall–Kier alpha value is -1.90.